The van der Waals surface area contributed by atoms with Crippen molar-refractivity contribution in [2.75, 3.05) is 26.4 Å². The number of halogens is 2. The number of benzene rings is 1. The molecule has 18 heavy (non-hydrogen) atoms. The number of hydrogen-bond acceptors (Lipinski definition) is 3. The van der Waals surface area contributed by atoms with E-state index in [2.05, 4.69) is 5.32 Å². The van der Waals surface area contributed by atoms with Gasteiger partial charge in [0.2, 0.25) is 0 Å². The lowest BCUT2D eigenvalue weighted by Gasteiger charge is -2.23. The molecule has 0 bridgehead atoms. The van der Waals surface area contributed by atoms with Crippen molar-refractivity contribution in [3.8, 4) is 5.75 Å². The number of hydrogen-bond donors (Lipinski definition) is 1. The van der Waals surface area contributed by atoms with E-state index in [0.29, 0.717) is 19.2 Å². The second kappa shape index (κ2) is 6.66. The van der Waals surface area contributed by atoms with E-state index in [1.165, 1.54) is 12.1 Å². The molecule has 0 atom stereocenters. The quantitative estimate of drug-likeness (QED) is 0.820. The minimum Gasteiger partial charge on any atom is -0.489 e. The van der Waals surface area contributed by atoms with Crippen LogP contribution in [-0.2, 0) is 4.74 Å². The van der Waals surface area contributed by atoms with Crippen LogP contribution in [0, 0.1) is 11.6 Å². The standard InChI is InChI=1S/C13H17F2NO2/c14-10-1-2-13(12(15)9-10)18-8-5-16-11-3-6-17-7-4-11/h1-2,9,11,16H,3-8H2. The van der Waals surface area contributed by atoms with E-state index in [1.807, 2.05) is 0 Å². The second-order valence-electron chi connectivity index (χ2n) is 4.26. The van der Waals surface area contributed by atoms with E-state index >= 15 is 0 Å². The first-order chi connectivity index (χ1) is 8.75. The van der Waals surface area contributed by atoms with Crippen LogP contribution in [0.25, 0.3) is 0 Å². The van der Waals surface area contributed by atoms with Crippen LogP contribution in [0.3, 0.4) is 0 Å². The summed E-state index contributed by atoms with van der Waals surface area (Å²) in [6.07, 6.45) is 1.98. The lowest BCUT2D eigenvalue weighted by molar-refractivity contribution is 0.0770. The number of rotatable bonds is 5. The summed E-state index contributed by atoms with van der Waals surface area (Å²) < 4.78 is 36.4. The molecule has 0 unspecified atom stereocenters. The van der Waals surface area contributed by atoms with Crippen molar-refractivity contribution in [1.29, 1.82) is 0 Å². The third kappa shape index (κ3) is 3.92. The van der Waals surface area contributed by atoms with Gasteiger partial charge in [-0.05, 0) is 25.0 Å². The lowest BCUT2D eigenvalue weighted by Crippen LogP contribution is -2.37. The van der Waals surface area contributed by atoms with Crippen molar-refractivity contribution in [3.05, 3.63) is 29.8 Å². The minimum atomic E-state index is -0.666. The van der Waals surface area contributed by atoms with Gasteiger partial charge in [-0.1, -0.05) is 0 Å². The maximum absolute atomic E-state index is 13.2. The molecule has 1 aliphatic rings. The molecule has 5 heteroatoms. The molecular weight excluding hydrogens is 240 g/mol. The molecule has 1 N–H and O–H groups in total. The highest BCUT2D eigenvalue weighted by Crippen LogP contribution is 2.17. The zero-order valence-electron chi connectivity index (χ0n) is 10.1. The van der Waals surface area contributed by atoms with Gasteiger partial charge in [-0.15, -0.1) is 0 Å². The predicted molar refractivity (Wildman–Crippen MR) is 63.7 cm³/mol. The van der Waals surface area contributed by atoms with Gasteiger partial charge >= 0.3 is 0 Å². The van der Waals surface area contributed by atoms with Gasteiger partial charge in [0, 0.05) is 31.9 Å². The first-order valence-corrected chi connectivity index (χ1v) is 6.14. The van der Waals surface area contributed by atoms with Gasteiger partial charge in [0.15, 0.2) is 11.6 Å². The summed E-state index contributed by atoms with van der Waals surface area (Å²) in [5.41, 5.74) is 0. The lowest BCUT2D eigenvalue weighted by atomic mass is 10.1. The Hall–Kier alpha value is -1.20. The van der Waals surface area contributed by atoms with Crippen LogP contribution >= 0.6 is 0 Å². The molecule has 1 heterocycles. The first-order valence-electron chi connectivity index (χ1n) is 6.14. The first kappa shape index (κ1) is 13.2. The molecule has 0 spiro atoms. The summed E-state index contributed by atoms with van der Waals surface area (Å²) in [5.74, 6) is -1.17. The van der Waals surface area contributed by atoms with Crippen molar-refractivity contribution < 1.29 is 18.3 Å². The van der Waals surface area contributed by atoms with Crippen molar-refractivity contribution in [2.45, 2.75) is 18.9 Å². The normalized spacial score (nSPS) is 16.8. The number of ether oxygens (including phenoxy) is 2. The molecule has 1 aromatic carbocycles. The molecule has 0 saturated carbocycles. The van der Waals surface area contributed by atoms with Crippen molar-refractivity contribution in [2.24, 2.45) is 0 Å². The zero-order chi connectivity index (χ0) is 12.8. The summed E-state index contributed by atoms with van der Waals surface area (Å²) in [5, 5.41) is 3.32. The summed E-state index contributed by atoms with van der Waals surface area (Å²) in [7, 11) is 0. The Morgan fingerprint density at radius 3 is 2.78 bits per heavy atom. The molecule has 0 amide bonds. The van der Waals surface area contributed by atoms with Crippen molar-refractivity contribution >= 4 is 0 Å². The van der Waals surface area contributed by atoms with Crippen LogP contribution in [0.2, 0.25) is 0 Å². The average molecular weight is 257 g/mol. The fraction of sp³-hybridized carbons (Fsp3) is 0.538. The summed E-state index contributed by atoms with van der Waals surface area (Å²) in [4.78, 5) is 0. The molecule has 100 valence electrons. The third-order valence-corrected chi connectivity index (χ3v) is 2.91. The molecule has 0 aliphatic carbocycles. The Morgan fingerprint density at radius 2 is 2.06 bits per heavy atom. The predicted octanol–water partition coefficient (Wildman–Crippen LogP) is 2.11. The monoisotopic (exact) mass is 257 g/mol. The highest BCUT2D eigenvalue weighted by molar-refractivity contribution is 5.24. The van der Waals surface area contributed by atoms with E-state index in [4.69, 9.17) is 9.47 Å². The summed E-state index contributed by atoms with van der Waals surface area (Å²) in [6, 6.07) is 3.76. The van der Waals surface area contributed by atoms with Gasteiger partial charge < -0.3 is 14.8 Å². The highest BCUT2D eigenvalue weighted by Gasteiger charge is 2.12. The highest BCUT2D eigenvalue weighted by atomic mass is 19.1. The van der Waals surface area contributed by atoms with Gasteiger partial charge in [0.05, 0.1) is 0 Å². The average Bonchev–Trinajstić information content (AvgIpc) is 2.38. The molecule has 0 radical (unpaired) electrons. The fourth-order valence-electron chi connectivity index (χ4n) is 1.92. The SMILES string of the molecule is Fc1ccc(OCCNC2CCOCC2)c(F)c1. The molecule has 1 aliphatic heterocycles. The largest absolute Gasteiger partial charge is 0.489 e. The molecule has 1 saturated heterocycles. The van der Waals surface area contributed by atoms with Crippen molar-refractivity contribution in [3.63, 3.8) is 0 Å². The zero-order valence-corrected chi connectivity index (χ0v) is 10.1. The van der Waals surface area contributed by atoms with Gasteiger partial charge in [0.1, 0.15) is 12.4 Å². The Kier molecular flexibility index (Phi) is 4.90. The second-order valence-corrected chi connectivity index (χ2v) is 4.26. The topological polar surface area (TPSA) is 30.5 Å². The van der Waals surface area contributed by atoms with Crippen LogP contribution in [0.5, 0.6) is 5.75 Å². The molecule has 1 fully saturated rings. The van der Waals surface area contributed by atoms with Crippen molar-refractivity contribution in [1.82, 2.24) is 5.32 Å². The maximum Gasteiger partial charge on any atom is 0.167 e. The molecule has 1 aromatic rings. The van der Waals surface area contributed by atoms with Crippen LogP contribution in [0.4, 0.5) is 8.78 Å². The van der Waals surface area contributed by atoms with E-state index < -0.39 is 11.6 Å². The van der Waals surface area contributed by atoms with Gasteiger partial charge in [-0.2, -0.15) is 0 Å². The van der Waals surface area contributed by atoms with E-state index in [1.54, 1.807) is 0 Å². The molecule has 2 rings (SSSR count). The number of nitrogens with one attached hydrogen (secondary N) is 1. The van der Waals surface area contributed by atoms with Crippen LogP contribution in [0.1, 0.15) is 12.8 Å². The van der Waals surface area contributed by atoms with Crippen LogP contribution in [0.15, 0.2) is 18.2 Å². The van der Waals surface area contributed by atoms with Crippen LogP contribution in [-0.4, -0.2) is 32.4 Å². The fourth-order valence-corrected chi connectivity index (χ4v) is 1.92. The van der Waals surface area contributed by atoms with E-state index in [0.717, 1.165) is 32.1 Å². The van der Waals surface area contributed by atoms with Gasteiger partial charge in [-0.3, -0.25) is 0 Å². The molecule has 3 nitrogen and oxygen atoms in total. The van der Waals surface area contributed by atoms with E-state index in [-0.39, 0.29) is 5.75 Å². The Labute approximate surface area is 105 Å². The maximum atomic E-state index is 13.2. The Balaban J connectivity index is 1.68. The molecule has 0 aromatic heterocycles. The molecular formula is C13H17F2NO2. The summed E-state index contributed by atoms with van der Waals surface area (Å²) >= 11 is 0. The van der Waals surface area contributed by atoms with E-state index in [9.17, 15) is 8.78 Å². The Bertz CT molecular complexity index is 381. The minimum absolute atomic E-state index is 0.0881. The third-order valence-electron chi connectivity index (χ3n) is 2.91. The van der Waals surface area contributed by atoms with Gasteiger partial charge in [-0.25, -0.2) is 8.78 Å². The van der Waals surface area contributed by atoms with Crippen LogP contribution < -0.4 is 10.1 Å². The summed E-state index contributed by atoms with van der Waals surface area (Å²) in [6.45, 7) is 2.57. The smallest absolute Gasteiger partial charge is 0.167 e. The van der Waals surface area contributed by atoms with Gasteiger partial charge in [0.25, 0.3) is 0 Å². The Morgan fingerprint density at radius 1 is 1.28 bits per heavy atom.